The van der Waals surface area contributed by atoms with Crippen molar-refractivity contribution in [1.82, 2.24) is 4.90 Å². The largest absolute Gasteiger partial charge is 0.342 e. The Kier molecular flexibility index (Phi) is 6.91. The predicted octanol–water partition coefficient (Wildman–Crippen LogP) is 3.72. The van der Waals surface area contributed by atoms with Crippen molar-refractivity contribution in [3.05, 3.63) is 35.9 Å². The molecule has 4 heteroatoms. The molecule has 128 valence electrons. The van der Waals surface area contributed by atoms with Gasteiger partial charge in [0, 0.05) is 25.0 Å². The molecule has 1 heterocycles. The number of benzene rings is 1. The fourth-order valence-electron chi connectivity index (χ4n) is 4.09. The van der Waals surface area contributed by atoms with Gasteiger partial charge in [0.25, 0.3) is 0 Å². The van der Waals surface area contributed by atoms with Crippen LogP contribution in [0.1, 0.15) is 56.4 Å². The van der Waals surface area contributed by atoms with Crippen LogP contribution in [0, 0.1) is 5.92 Å². The maximum Gasteiger partial charge on any atom is 0.225 e. The molecule has 0 bridgehead atoms. The fourth-order valence-corrected chi connectivity index (χ4v) is 4.09. The zero-order valence-electron chi connectivity index (χ0n) is 13.8. The van der Waals surface area contributed by atoms with Gasteiger partial charge in [-0.2, -0.15) is 0 Å². The zero-order chi connectivity index (χ0) is 15.4. The van der Waals surface area contributed by atoms with Crippen LogP contribution in [-0.4, -0.2) is 29.9 Å². The minimum absolute atomic E-state index is 0. The first kappa shape index (κ1) is 18.3. The van der Waals surface area contributed by atoms with Gasteiger partial charge in [-0.25, -0.2) is 0 Å². The van der Waals surface area contributed by atoms with Gasteiger partial charge >= 0.3 is 0 Å². The molecule has 3 nitrogen and oxygen atoms in total. The van der Waals surface area contributed by atoms with E-state index < -0.39 is 0 Å². The van der Waals surface area contributed by atoms with Crippen molar-refractivity contribution in [1.29, 1.82) is 0 Å². The Morgan fingerprint density at radius 3 is 2.52 bits per heavy atom. The van der Waals surface area contributed by atoms with Crippen molar-refractivity contribution < 1.29 is 4.79 Å². The van der Waals surface area contributed by atoms with Crippen LogP contribution in [0.15, 0.2) is 30.3 Å². The summed E-state index contributed by atoms with van der Waals surface area (Å²) >= 11 is 0. The number of likely N-dealkylation sites (tertiary alicyclic amines) is 1. The van der Waals surface area contributed by atoms with Gasteiger partial charge in [-0.3, -0.25) is 4.79 Å². The number of halogens is 1. The Morgan fingerprint density at radius 1 is 1.00 bits per heavy atom. The van der Waals surface area contributed by atoms with E-state index in [1.165, 1.54) is 12.0 Å². The quantitative estimate of drug-likeness (QED) is 0.894. The van der Waals surface area contributed by atoms with E-state index in [9.17, 15) is 4.79 Å². The van der Waals surface area contributed by atoms with Crippen LogP contribution < -0.4 is 5.73 Å². The monoisotopic (exact) mass is 336 g/mol. The average Bonchev–Trinajstić information content (AvgIpc) is 2.81. The van der Waals surface area contributed by atoms with E-state index in [1.807, 2.05) is 0 Å². The molecular weight excluding hydrogens is 308 g/mol. The molecule has 2 N–H and O–H groups in total. The first-order chi connectivity index (χ1) is 10.7. The number of amides is 1. The maximum atomic E-state index is 12.8. The minimum Gasteiger partial charge on any atom is -0.342 e. The number of nitrogens with two attached hydrogens (primary N) is 1. The van der Waals surface area contributed by atoms with Gasteiger partial charge in [-0.05, 0) is 50.0 Å². The molecule has 3 rings (SSSR count). The van der Waals surface area contributed by atoms with Crippen LogP contribution in [0.5, 0.6) is 0 Å². The average molecular weight is 337 g/mol. The molecule has 1 aliphatic carbocycles. The molecule has 1 aromatic rings. The Bertz CT molecular complexity index is 493. The van der Waals surface area contributed by atoms with E-state index in [1.54, 1.807) is 0 Å². The van der Waals surface area contributed by atoms with Crippen LogP contribution in [0.3, 0.4) is 0 Å². The second kappa shape index (κ2) is 8.70. The lowest BCUT2D eigenvalue weighted by molar-refractivity contribution is -0.136. The second-order valence-corrected chi connectivity index (χ2v) is 6.99. The highest BCUT2D eigenvalue weighted by Crippen LogP contribution is 2.30. The molecule has 0 aromatic heterocycles. The van der Waals surface area contributed by atoms with E-state index in [-0.39, 0.29) is 24.4 Å². The molecule has 0 spiro atoms. The second-order valence-electron chi connectivity index (χ2n) is 6.99. The van der Waals surface area contributed by atoms with Gasteiger partial charge in [0.15, 0.2) is 0 Å². The van der Waals surface area contributed by atoms with Crippen molar-refractivity contribution in [3.63, 3.8) is 0 Å². The molecule has 1 saturated carbocycles. The number of carbonyl (C=O) groups excluding carboxylic acids is 1. The third kappa shape index (κ3) is 4.71. The Labute approximate surface area is 146 Å². The zero-order valence-corrected chi connectivity index (χ0v) is 14.6. The van der Waals surface area contributed by atoms with E-state index >= 15 is 0 Å². The molecule has 2 fully saturated rings. The maximum absolute atomic E-state index is 12.8. The third-order valence-electron chi connectivity index (χ3n) is 5.37. The fraction of sp³-hybridized carbons (Fsp3) is 0.632. The van der Waals surface area contributed by atoms with Crippen LogP contribution >= 0.6 is 12.4 Å². The van der Waals surface area contributed by atoms with Crippen molar-refractivity contribution in [3.8, 4) is 0 Å². The van der Waals surface area contributed by atoms with Gasteiger partial charge in [-0.15, -0.1) is 12.4 Å². The molecular formula is C19H29ClN2O. The third-order valence-corrected chi connectivity index (χ3v) is 5.37. The molecule has 3 unspecified atom stereocenters. The summed E-state index contributed by atoms with van der Waals surface area (Å²) in [6.07, 6.45) is 7.51. The van der Waals surface area contributed by atoms with E-state index in [2.05, 4.69) is 35.2 Å². The summed E-state index contributed by atoms with van der Waals surface area (Å²) in [4.78, 5) is 14.9. The van der Waals surface area contributed by atoms with Crippen molar-refractivity contribution in [2.75, 3.05) is 13.1 Å². The van der Waals surface area contributed by atoms with Gasteiger partial charge in [0.2, 0.25) is 5.91 Å². The summed E-state index contributed by atoms with van der Waals surface area (Å²) in [5.74, 6) is 1.15. The van der Waals surface area contributed by atoms with Gasteiger partial charge < -0.3 is 10.6 Å². The predicted molar refractivity (Wildman–Crippen MR) is 96.8 cm³/mol. The number of rotatable bonds is 2. The van der Waals surface area contributed by atoms with Gasteiger partial charge in [-0.1, -0.05) is 36.8 Å². The van der Waals surface area contributed by atoms with E-state index in [4.69, 9.17) is 5.73 Å². The lowest BCUT2D eigenvalue weighted by atomic mass is 9.85. The highest BCUT2D eigenvalue weighted by molar-refractivity contribution is 5.85. The van der Waals surface area contributed by atoms with Crippen molar-refractivity contribution in [2.45, 2.75) is 56.9 Å². The topological polar surface area (TPSA) is 46.3 Å². The molecule has 0 radical (unpaired) electrons. The summed E-state index contributed by atoms with van der Waals surface area (Å²) in [6.45, 7) is 1.83. The molecule has 1 aromatic carbocycles. The highest BCUT2D eigenvalue weighted by Gasteiger charge is 2.30. The SMILES string of the molecule is Cl.NC1CCCC(C(=O)N2CCCC(c3ccccc3)CC2)C1. The summed E-state index contributed by atoms with van der Waals surface area (Å²) in [7, 11) is 0. The molecule has 3 atom stereocenters. The summed E-state index contributed by atoms with van der Waals surface area (Å²) in [5.41, 5.74) is 7.48. The molecule has 1 aliphatic heterocycles. The molecule has 2 aliphatic rings. The minimum atomic E-state index is 0. The highest BCUT2D eigenvalue weighted by atomic mass is 35.5. The number of hydrogen-bond donors (Lipinski definition) is 1. The standard InChI is InChI=1S/C19H28N2O.ClH/c20-18-10-4-8-17(14-18)19(22)21-12-5-9-16(11-13-21)15-6-2-1-3-7-15;/h1-3,6-7,16-18H,4-5,8-14,20H2;1H. The Hall–Kier alpha value is -1.06. The van der Waals surface area contributed by atoms with Crippen molar-refractivity contribution in [2.24, 2.45) is 11.7 Å². The van der Waals surface area contributed by atoms with Crippen LogP contribution in [-0.2, 0) is 4.79 Å². The lowest BCUT2D eigenvalue weighted by Gasteiger charge is -2.31. The summed E-state index contributed by atoms with van der Waals surface area (Å²) in [6, 6.07) is 11.0. The normalized spacial score (nSPS) is 28.6. The smallest absolute Gasteiger partial charge is 0.225 e. The molecule has 23 heavy (non-hydrogen) atoms. The van der Waals surface area contributed by atoms with Gasteiger partial charge in [0.1, 0.15) is 0 Å². The van der Waals surface area contributed by atoms with Gasteiger partial charge in [0.05, 0.1) is 0 Å². The number of carbonyl (C=O) groups is 1. The first-order valence-electron chi connectivity index (χ1n) is 8.83. The Morgan fingerprint density at radius 2 is 1.78 bits per heavy atom. The number of hydrogen-bond acceptors (Lipinski definition) is 2. The molecule has 1 amide bonds. The lowest BCUT2D eigenvalue weighted by Crippen LogP contribution is -2.41. The van der Waals surface area contributed by atoms with Crippen LogP contribution in [0.25, 0.3) is 0 Å². The Balaban J connectivity index is 0.00000192. The summed E-state index contributed by atoms with van der Waals surface area (Å²) < 4.78 is 0. The van der Waals surface area contributed by atoms with Crippen molar-refractivity contribution >= 4 is 18.3 Å². The van der Waals surface area contributed by atoms with E-state index in [0.717, 1.165) is 51.6 Å². The summed E-state index contributed by atoms with van der Waals surface area (Å²) in [5, 5.41) is 0. The van der Waals surface area contributed by atoms with Crippen LogP contribution in [0.2, 0.25) is 0 Å². The molecule has 1 saturated heterocycles. The first-order valence-corrected chi connectivity index (χ1v) is 8.83. The number of nitrogens with zero attached hydrogens (tertiary/aromatic N) is 1. The van der Waals surface area contributed by atoms with Crippen LogP contribution in [0.4, 0.5) is 0 Å². The van der Waals surface area contributed by atoms with E-state index in [0.29, 0.717) is 11.8 Å².